The average molecular weight is 413 g/mol. The Bertz CT molecular complexity index is 1130. The molecule has 2 unspecified atom stereocenters. The fourth-order valence-electron chi connectivity index (χ4n) is 4.57. The standard InChI is InChI=1S/C21H18F3N5O/c1-12-14(5-4-6-15(12)21(22,23)24)20(30)29-13-8-9-17(29)19-27-26-18(28(19)11-13)16-7-2-3-10-25-16/h2-7,10,13,17H,8-9,11H2,1H3. The van der Waals surface area contributed by atoms with E-state index in [9.17, 15) is 18.0 Å². The number of hydrogen-bond donors (Lipinski definition) is 0. The summed E-state index contributed by atoms with van der Waals surface area (Å²) in [6, 6.07) is 8.86. The maximum Gasteiger partial charge on any atom is 0.416 e. The quantitative estimate of drug-likeness (QED) is 0.637. The first-order valence-corrected chi connectivity index (χ1v) is 9.70. The van der Waals surface area contributed by atoms with Crippen molar-refractivity contribution >= 4 is 5.91 Å². The molecule has 1 fully saturated rings. The number of amides is 1. The molecule has 30 heavy (non-hydrogen) atoms. The minimum Gasteiger partial charge on any atom is -0.324 e. The topological polar surface area (TPSA) is 63.9 Å². The van der Waals surface area contributed by atoms with Crippen LogP contribution in [0.15, 0.2) is 42.6 Å². The fourth-order valence-corrected chi connectivity index (χ4v) is 4.57. The SMILES string of the molecule is Cc1c(C(=O)N2C3CCC2c2nnc(-c4ccccn4)n2C3)cccc1C(F)(F)F. The van der Waals surface area contributed by atoms with E-state index in [0.29, 0.717) is 30.3 Å². The van der Waals surface area contributed by atoms with Gasteiger partial charge in [-0.3, -0.25) is 9.78 Å². The van der Waals surface area contributed by atoms with Crippen molar-refractivity contribution in [1.29, 1.82) is 0 Å². The Morgan fingerprint density at radius 1 is 1.10 bits per heavy atom. The van der Waals surface area contributed by atoms with Crippen LogP contribution in [0.4, 0.5) is 13.2 Å². The number of halogens is 3. The predicted octanol–water partition coefficient (Wildman–Crippen LogP) is 4.03. The number of carbonyl (C=O) groups is 1. The van der Waals surface area contributed by atoms with Gasteiger partial charge in [-0.1, -0.05) is 12.1 Å². The van der Waals surface area contributed by atoms with Crippen molar-refractivity contribution in [1.82, 2.24) is 24.6 Å². The van der Waals surface area contributed by atoms with Gasteiger partial charge in [0.2, 0.25) is 0 Å². The lowest BCUT2D eigenvalue weighted by molar-refractivity contribution is -0.138. The molecular formula is C21H18F3N5O. The van der Waals surface area contributed by atoms with Gasteiger partial charge in [0.05, 0.1) is 17.6 Å². The van der Waals surface area contributed by atoms with Gasteiger partial charge in [-0.2, -0.15) is 13.2 Å². The molecule has 1 saturated heterocycles. The van der Waals surface area contributed by atoms with Crippen LogP contribution in [-0.2, 0) is 12.7 Å². The molecule has 3 aromatic rings. The van der Waals surface area contributed by atoms with Crippen molar-refractivity contribution in [3.05, 3.63) is 65.1 Å². The Morgan fingerprint density at radius 2 is 1.93 bits per heavy atom. The number of fused-ring (bicyclic) bond motifs is 4. The molecule has 0 spiro atoms. The highest BCUT2D eigenvalue weighted by Gasteiger charge is 2.46. The maximum absolute atomic E-state index is 13.3. The van der Waals surface area contributed by atoms with Crippen molar-refractivity contribution in [2.24, 2.45) is 0 Å². The van der Waals surface area contributed by atoms with Crippen molar-refractivity contribution < 1.29 is 18.0 Å². The second-order valence-electron chi connectivity index (χ2n) is 7.64. The van der Waals surface area contributed by atoms with Gasteiger partial charge >= 0.3 is 6.18 Å². The lowest BCUT2D eigenvalue weighted by Crippen LogP contribution is -2.44. The molecule has 1 aromatic carbocycles. The lowest BCUT2D eigenvalue weighted by atomic mass is 10.00. The summed E-state index contributed by atoms with van der Waals surface area (Å²) in [6.45, 7) is 1.85. The van der Waals surface area contributed by atoms with E-state index in [1.54, 1.807) is 11.1 Å². The van der Waals surface area contributed by atoms with E-state index in [2.05, 4.69) is 15.2 Å². The van der Waals surface area contributed by atoms with E-state index in [0.717, 1.165) is 12.5 Å². The average Bonchev–Trinajstić information content (AvgIpc) is 3.28. The molecule has 2 aromatic heterocycles. The molecule has 9 heteroatoms. The van der Waals surface area contributed by atoms with Crippen LogP contribution in [0, 0.1) is 6.92 Å². The summed E-state index contributed by atoms with van der Waals surface area (Å²) in [5.41, 5.74) is -0.0438. The molecule has 2 atom stereocenters. The summed E-state index contributed by atoms with van der Waals surface area (Å²) in [4.78, 5) is 19.4. The van der Waals surface area contributed by atoms with Crippen LogP contribution >= 0.6 is 0 Å². The molecule has 0 aliphatic carbocycles. The van der Waals surface area contributed by atoms with Crippen LogP contribution in [0.5, 0.6) is 0 Å². The van der Waals surface area contributed by atoms with Crippen LogP contribution in [0.2, 0.25) is 0 Å². The second-order valence-corrected chi connectivity index (χ2v) is 7.64. The van der Waals surface area contributed by atoms with Crippen molar-refractivity contribution in [3.8, 4) is 11.5 Å². The van der Waals surface area contributed by atoms with Crippen LogP contribution in [0.1, 0.15) is 46.2 Å². The molecule has 1 amide bonds. The van der Waals surface area contributed by atoms with E-state index in [1.165, 1.54) is 19.1 Å². The molecule has 6 nitrogen and oxygen atoms in total. The molecule has 0 N–H and O–H groups in total. The summed E-state index contributed by atoms with van der Waals surface area (Å²) in [7, 11) is 0. The van der Waals surface area contributed by atoms with E-state index in [4.69, 9.17) is 0 Å². The molecule has 4 heterocycles. The molecule has 5 rings (SSSR count). The van der Waals surface area contributed by atoms with Crippen molar-refractivity contribution in [3.63, 3.8) is 0 Å². The number of carbonyl (C=O) groups excluding carboxylic acids is 1. The van der Waals surface area contributed by atoms with Gasteiger partial charge in [0.25, 0.3) is 5.91 Å². The van der Waals surface area contributed by atoms with Gasteiger partial charge in [-0.05, 0) is 49.6 Å². The normalized spacial score (nSPS) is 20.3. The predicted molar refractivity (Wildman–Crippen MR) is 101 cm³/mol. The first kappa shape index (κ1) is 18.8. The number of nitrogens with zero attached hydrogens (tertiary/aromatic N) is 5. The Hall–Kier alpha value is -3.23. The van der Waals surface area contributed by atoms with Crippen molar-refractivity contribution in [2.75, 3.05) is 0 Å². The molecule has 154 valence electrons. The Balaban J connectivity index is 1.52. The first-order chi connectivity index (χ1) is 14.4. The number of pyridine rings is 1. The third-order valence-electron chi connectivity index (χ3n) is 5.97. The largest absolute Gasteiger partial charge is 0.416 e. The number of aromatic nitrogens is 4. The highest BCUT2D eigenvalue weighted by molar-refractivity contribution is 5.96. The summed E-state index contributed by atoms with van der Waals surface area (Å²) >= 11 is 0. The van der Waals surface area contributed by atoms with Gasteiger partial charge in [0.1, 0.15) is 5.69 Å². The molecule has 2 aliphatic heterocycles. The van der Waals surface area contributed by atoms with Crippen molar-refractivity contribution in [2.45, 2.75) is 44.6 Å². The first-order valence-electron chi connectivity index (χ1n) is 9.70. The number of alkyl halides is 3. The summed E-state index contributed by atoms with van der Waals surface area (Å²) < 4.78 is 41.9. The zero-order valence-electron chi connectivity index (χ0n) is 16.1. The van der Waals surface area contributed by atoms with E-state index < -0.39 is 11.7 Å². The summed E-state index contributed by atoms with van der Waals surface area (Å²) in [5.74, 6) is 0.909. The molecular weight excluding hydrogens is 395 g/mol. The monoisotopic (exact) mass is 413 g/mol. The highest BCUT2D eigenvalue weighted by Crippen LogP contribution is 2.43. The summed E-state index contributed by atoms with van der Waals surface area (Å²) in [6.07, 6.45) is -1.35. The van der Waals surface area contributed by atoms with Crippen LogP contribution in [-0.4, -0.2) is 36.6 Å². The number of hydrogen-bond acceptors (Lipinski definition) is 4. The van der Waals surface area contributed by atoms with Gasteiger partial charge in [-0.15, -0.1) is 10.2 Å². The van der Waals surface area contributed by atoms with E-state index in [1.807, 2.05) is 22.8 Å². The van der Waals surface area contributed by atoms with Gasteiger partial charge in [0.15, 0.2) is 11.6 Å². The smallest absolute Gasteiger partial charge is 0.324 e. The van der Waals surface area contributed by atoms with Gasteiger partial charge < -0.3 is 9.47 Å². The summed E-state index contributed by atoms with van der Waals surface area (Å²) in [5, 5.41) is 8.60. The van der Waals surface area contributed by atoms with Crippen LogP contribution < -0.4 is 0 Å². The van der Waals surface area contributed by atoms with Crippen LogP contribution in [0.25, 0.3) is 11.5 Å². The second kappa shape index (κ2) is 6.65. The zero-order chi connectivity index (χ0) is 21.0. The highest BCUT2D eigenvalue weighted by atomic mass is 19.4. The molecule has 2 aliphatic rings. The molecule has 0 saturated carbocycles. The number of benzene rings is 1. The molecule has 2 bridgehead atoms. The number of rotatable bonds is 2. The Kier molecular flexibility index (Phi) is 4.16. The zero-order valence-corrected chi connectivity index (χ0v) is 16.1. The molecule has 0 radical (unpaired) electrons. The van der Waals surface area contributed by atoms with E-state index >= 15 is 0 Å². The third-order valence-corrected chi connectivity index (χ3v) is 5.97. The fraction of sp³-hybridized carbons (Fsp3) is 0.333. The lowest BCUT2D eigenvalue weighted by Gasteiger charge is -2.35. The Morgan fingerprint density at radius 3 is 2.67 bits per heavy atom. The minimum atomic E-state index is -4.50. The van der Waals surface area contributed by atoms with Gasteiger partial charge in [-0.25, -0.2) is 0 Å². The Labute approximate surface area is 170 Å². The maximum atomic E-state index is 13.3. The minimum absolute atomic E-state index is 0.0457. The van der Waals surface area contributed by atoms with Crippen LogP contribution in [0.3, 0.4) is 0 Å². The van der Waals surface area contributed by atoms with Gasteiger partial charge in [0, 0.05) is 18.3 Å². The van der Waals surface area contributed by atoms with E-state index in [-0.39, 0.29) is 29.1 Å². The third kappa shape index (κ3) is 2.79.